The Morgan fingerprint density at radius 2 is 1.85 bits per heavy atom. The zero-order valence-corrected chi connectivity index (χ0v) is 21.3. The van der Waals surface area contributed by atoms with Crippen LogP contribution in [0.15, 0.2) is 54.9 Å². The Morgan fingerprint density at radius 1 is 1.05 bits per heavy atom. The number of hydrogen-bond donors (Lipinski definition) is 2. The van der Waals surface area contributed by atoms with Gasteiger partial charge in [-0.05, 0) is 36.3 Å². The smallest absolute Gasteiger partial charge is 0.230 e. The van der Waals surface area contributed by atoms with Gasteiger partial charge in [-0.15, -0.1) is 5.10 Å². The fourth-order valence-corrected chi connectivity index (χ4v) is 5.14. The summed E-state index contributed by atoms with van der Waals surface area (Å²) in [7, 11) is 0. The second-order valence-electron chi connectivity index (χ2n) is 9.59. The molecule has 1 fully saturated rings. The predicted octanol–water partition coefficient (Wildman–Crippen LogP) is 2.70. The van der Waals surface area contributed by atoms with Crippen LogP contribution < -0.4 is 5.73 Å². The van der Waals surface area contributed by atoms with E-state index in [9.17, 15) is 9.59 Å². The maximum absolute atomic E-state index is 12.7. The number of aromatic nitrogens is 8. The van der Waals surface area contributed by atoms with E-state index in [0.717, 1.165) is 22.4 Å². The van der Waals surface area contributed by atoms with Crippen molar-refractivity contribution in [2.75, 3.05) is 18.8 Å². The summed E-state index contributed by atoms with van der Waals surface area (Å²) in [5, 5.41) is 17.9. The monoisotopic (exact) mass is 522 g/mol. The molecule has 6 rings (SSSR count). The second-order valence-corrected chi connectivity index (χ2v) is 9.59. The molecule has 0 unspecified atom stereocenters. The van der Waals surface area contributed by atoms with Crippen LogP contribution >= 0.6 is 0 Å². The van der Waals surface area contributed by atoms with Crippen LogP contribution in [0, 0.1) is 0 Å². The second kappa shape index (κ2) is 10.0. The Balaban J connectivity index is 1.30. The average Bonchev–Trinajstić information content (AvgIpc) is 3.64. The molecule has 39 heavy (non-hydrogen) atoms. The third-order valence-corrected chi connectivity index (χ3v) is 7.15. The molecule has 12 nitrogen and oxygen atoms in total. The van der Waals surface area contributed by atoms with Gasteiger partial charge < -0.3 is 10.6 Å². The van der Waals surface area contributed by atoms with Gasteiger partial charge in [0.2, 0.25) is 5.91 Å². The molecule has 12 heteroatoms. The molecular formula is C27H26N10O2. The number of nitrogen functional groups attached to an aromatic ring is 1. The van der Waals surface area contributed by atoms with E-state index in [-0.39, 0.29) is 29.8 Å². The Kier molecular flexibility index (Phi) is 6.27. The minimum atomic E-state index is -0.167. The highest BCUT2D eigenvalue weighted by molar-refractivity contribution is 6.00. The number of nitrogens with zero attached hydrogens (tertiary/aromatic N) is 8. The van der Waals surface area contributed by atoms with E-state index in [1.165, 1.54) is 11.4 Å². The quantitative estimate of drug-likeness (QED) is 0.319. The lowest BCUT2D eigenvalue weighted by molar-refractivity contribution is -0.131. The van der Waals surface area contributed by atoms with Crippen molar-refractivity contribution in [3.8, 4) is 22.4 Å². The van der Waals surface area contributed by atoms with Crippen molar-refractivity contribution in [2.45, 2.75) is 32.1 Å². The Hall–Kier alpha value is -5.00. The highest BCUT2D eigenvalue weighted by Gasteiger charge is 2.30. The Labute approximate surface area is 223 Å². The van der Waals surface area contributed by atoms with E-state index in [2.05, 4.69) is 30.7 Å². The molecule has 1 saturated heterocycles. The fraction of sp³-hybridized carbons (Fsp3) is 0.259. The molecule has 196 valence electrons. The summed E-state index contributed by atoms with van der Waals surface area (Å²) in [6.45, 7) is 2.56. The van der Waals surface area contributed by atoms with Gasteiger partial charge in [0.15, 0.2) is 17.3 Å². The summed E-state index contributed by atoms with van der Waals surface area (Å²) in [5.74, 6) is 0.443. The van der Waals surface area contributed by atoms with Gasteiger partial charge in [0.05, 0.1) is 29.6 Å². The molecule has 0 bridgehead atoms. The third-order valence-electron chi connectivity index (χ3n) is 7.15. The highest BCUT2D eigenvalue weighted by atomic mass is 16.2. The lowest BCUT2D eigenvalue weighted by Crippen LogP contribution is -2.39. The van der Waals surface area contributed by atoms with Crippen molar-refractivity contribution < 1.29 is 9.59 Å². The number of likely N-dealkylation sites (tertiary alicyclic amines) is 1. The fourth-order valence-electron chi connectivity index (χ4n) is 5.14. The van der Waals surface area contributed by atoms with E-state index >= 15 is 0 Å². The molecule has 1 amide bonds. The van der Waals surface area contributed by atoms with Gasteiger partial charge in [-0.25, -0.2) is 10.1 Å². The van der Waals surface area contributed by atoms with Crippen LogP contribution in [0.3, 0.4) is 0 Å². The van der Waals surface area contributed by atoms with Crippen molar-refractivity contribution in [3.63, 3.8) is 0 Å². The summed E-state index contributed by atoms with van der Waals surface area (Å²) < 4.78 is 1.52. The number of Topliss-reactive ketones (excluding diaryl/α,β-unsaturated/α-hetero) is 1. The number of nitrogens with one attached hydrogen (secondary N) is 1. The van der Waals surface area contributed by atoms with E-state index in [4.69, 9.17) is 10.7 Å². The van der Waals surface area contributed by atoms with Crippen molar-refractivity contribution in [1.82, 2.24) is 45.1 Å². The first-order valence-corrected chi connectivity index (χ1v) is 12.7. The number of carbonyl (C=O) groups is 2. The van der Waals surface area contributed by atoms with E-state index in [0.29, 0.717) is 48.7 Å². The van der Waals surface area contributed by atoms with E-state index in [1.807, 2.05) is 42.5 Å². The topological polar surface area (TPSA) is 161 Å². The third kappa shape index (κ3) is 4.60. The molecule has 1 aliphatic rings. The summed E-state index contributed by atoms with van der Waals surface area (Å²) in [6.07, 6.45) is 4.92. The number of pyridine rings is 1. The first-order valence-electron chi connectivity index (χ1n) is 12.7. The van der Waals surface area contributed by atoms with Crippen molar-refractivity contribution in [3.05, 3.63) is 71.9 Å². The minimum Gasteiger partial charge on any atom is -0.383 e. The predicted molar refractivity (Wildman–Crippen MR) is 143 cm³/mol. The number of anilines is 1. The molecule has 1 aromatic carbocycles. The zero-order valence-electron chi connectivity index (χ0n) is 21.3. The zero-order chi connectivity index (χ0) is 26.9. The summed E-state index contributed by atoms with van der Waals surface area (Å²) in [5.41, 5.74) is 11.6. The first kappa shape index (κ1) is 24.3. The van der Waals surface area contributed by atoms with Crippen LogP contribution in [0.4, 0.5) is 5.82 Å². The highest BCUT2D eigenvalue weighted by Crippen LogP contribution is 2.35. The van der Waals surface area contributed by atoms with Crippen LogP contribution in [-0.2, 0) is 11.2 Å². The summed E-state index contributed by atoms with van der Waals surface area (Å²) in [4.78, 5) is 36.8. The number of hydrogen-bond acceptors (Lipinski definition) is 9. The molecule has 1 aliphatic heterocycles. The molecule has 5 heterocycles. The van der Waals surface area contributed by atoms with Gasteiger partial charge in [-0.3, -0.25) is 14.6 Å². The molecule has 5 aromatic rings. The molecular weight excluding hydrogens is 496 g/mol. The molecule has 0 spiro atoms. The number of fused-ring (bicyclic) bond motifs is 1. The van der Waals surface area contributed by atoms with Crippen LogP contribution in [0.25, 0.3) is 28.0 Å². The lowest BCUT2D eigenvalue weighted by atomic mass is 9.89. The van der Waals surface area contributed by atoms with Crippen LogP contribution in [0.1, 0.15) is 47.6 Å². The number of aromatic amines is 1. The van der Waals surface area contributed by atoms with Crippen molar-refractivity contribution in [1.29, 1.82) is 0 Å². The number of H-pyrrole nitrogens is 1. The summed E-state index contributed by atoms with van der Waals surface area (Å²) >= 11 is 0. The Bertz CT molecular complexity index is 1640. The average molecular weight is 523 g/mol. The van der Waals surface area contributed by atoms with Gasteiger partial charge in [-0.1, -0.05) is 36.4 Å². The van der Waals surface area contributed by atoms with Gasteiger partial charge in [0, 0.05) is 41.9 Å². The number of ketones is 1. The number of tetrazole rings is 1. The molecule has 0 radical (unpaired) electrons. The normalized spacial score (nSPS) is 14.1. The van der Waals surface area contributed by atoms with E-state index in [1.54, 1.807) is 17.3 Å². The number of carbonyl (C=O) groups excluding carboxylic acids is 2. The lowest BCUT2D eigenvalue weighted by Gasteiger charge is -2.32. The van der Waals surface area contributed by atoms with Gasteiger partial charge in [0.25, 0.3) is 0 Å². The SMILES string of the molecule is CC(=O)c1c(C2CCN(C(=O)Cc3nnn[nH]3)CC2)nc2c(-c3ccc(-c4ccccc4)nc3)cnn2c1N. The largest absolute Gasteiger partial charge is 0.383 e. The van der Waals surface area contributed by atoms with Crippen molar-refractivity contribution in [2.24, 2.45) is 0 Å². The van der Waals surface area contributed by atoms with Gasteiger partial charge in [0.1, 0.15) is 5.82 Å². The van der Waals surface area contributed by atoms with E-state index < -0.39 is 0 Å². The van der Waals surface area contributed by atoms with Crippen LogP contribution in [0.5, 0.6) is 0 Å². The maximum Gasteiger partial charge on any atom is 0.230 e. The molecule has 4 aromatic heterocycles. The molecule has 3 N–H and O–H groups in total. The molecule has 0 atom stereocenters. The number of benzene rings is 1. The van der Waals surface area contributed by atoms with Crippen molar-refractivity contribution >= 4 is 23.2 Å². The number of piperidine rings is 1. The minimum absolute atomic E-state index is 0.0338. The molecule has 0 saturated carbocycles. The van der Waals surface area contributed by atoms with Crippen LogP contribution in [-0.4, -0.2) is 69.9 Å². The van der Waals surface area contributed by atoms with Crippen LogP contribution in [0.2, 0.25) is 0 Å². The molecule has 0 aliphatic carbocycles. The maximum atomic E-state index is 12.7. The standard InChI is InChI=1S/C27H26N10O2/c1-16(38)24-25(18-9-11-36(12-10-18)23(39)13-22-32-34-35-33-22)31-27-20(15-30-37(27)26(24)28)19-7-8-21(29-14-19)17-5-3-2-4-6-17/h2-8,14-15,18H,9-13,28H2,1H3,(H,32,33,34,35). The summed E-state index contributed by atoms with van der Waals surface area (Å²) in [6, 6.07) is 13.9. The number of nitrogens with two attached hydrogens (primary N) is 1. The number of amides is 1. The number of rotatable bonds is 6. The first-order chi connectivity index (χ1) is 19.0. The van der Waals surface area contributed by atoms with Gasteiger partial charge in [-0.2, -0.15) is 9.61 Å². The van der Waals surface area contributed by atoms with Gasteiger partial charge >= 0.3 is 0 Å². The Morgan fingerprint density at radius 3 is 2.51 bits per heavy atom.